The van der Waals surface area contributed by atoms with Gasteiger partial charge in [0.1, 0.15) is 11.6 Å². The lowest BCUT2D eigenvalue weighted by atomic mass is 10.1. The Morgan fingerprint density at radius 3 is 2.36 bits per heavy atom. The van der Waals surface area contributed by atoms with Gasteiger partial charge in [-0.05, 0) is 43.2 Å². The van der Waals surface area contributed by atoms with Gasteiger partial charge >= 0.3 is 0 Å². The first-order valence-electron chi connectivity index (χ1n) is 7.02. The Morgan fingerprint density at radius 2 is 1.68 bits per heavy atom. The maximum Gasteiger partial charge on any atom is 0.243 e. The molecule has 1 aliphatic heterocycles. The molecule has 1 fully saturated rings. The van der Waals surface area contributed by atoms with E-state index in [2.05, 4.69) is 0 Å². The Labute approximate surface area is 128 Å². The van der Waals surface area contributed by atoms with Crippen LogP contribution in [0.4, 0.5) is 8.78 Å². The fourth-order valence-electron chi connectivity index (χ4n) is 2.83. The van der Waals surface area contributed by atoms with E-state index in [4.69, 9.17) is 0 Å². The van der Waals surface area contributed by atoms with Gasteiger partial charge in [0.15, 0.2) is 0 Å². The second-order valence-corrected chi connectivity index (χ2v) is 7.14. The summed E-state index contributed by atoms with van der Waals surface area (Å²) in [4.78, 5) is 0.0251. The molecule has 1 atom stereocenters. The second kappa shape index (κ2) is 5.78. The summed E-state index contributed by atoms with van der Waals surface area (Å²) in [6.45, 7) is 0.332. The Bertz CT molecular complexity index is 775. The minimum atomic E-state index is -3.77. The number of hydrogen-bond donors (Lipinski definition) is 0. The fourth-order valence-corrected chi connectivity index (χ4v) is 4.50. The third-order valence-electron chi connectivity index (χ3n) is 3.89. The van der Waals surface area contributed by atoms with Crippen molar-refractivity contribution in [1.82, 2.24) is 4.31 Å². The van der Waals surface area contributed by atoms with Gasteiger partial charge in [-0.2, -0.15) is 4.31 Å². The second-order valence-electron chi connectivity index (χ2n) is 5.25. The van der Waals surface area contributed by atoms with Crippen molar-refractivity contribution in [2.45, 2.75) is 23.8 Å². The van der Waals surface area contributed by atoms with Gasteiger partial charge in [0.25, 0.3) is 0 Å². The Balaban J connectivity index is 1.99. The zero-order valence-corrected chi connectivity index (χ0v) is 12.6. The van der Waals surface area contributed by atoms with Crippen molar-refractivity contribution >= 4 is 10.0 Å². The molecule has 0 bridgehead atoms. The molecule has 0 amide bonds. The highest BCUT2D eigenvalue weighted by Crippen LogP contribution is 2.37. The normalized spacial score (nSPS) is 19.5. The molecule has 2 aromatic carbocycles. The van der Waals surface area contributed by atoms with E-state index in [9.17, 15) is 17.2 Å². The predicted octanol–water partition coefficient (Wildman–Crippen LogP) is 3.49. The number of rotatable bonds is 3. The Morgan fingerprint density at radius 1 is 1.00 bits per heavy atom. The van der Waals surface area contributed by atoms with Crippen LogP contribution >= 0.6 is 0 Å². The van der Waals surface area contributed by atoms with Crippen LogP contribution in [0.3, 0.4) is 0 Å². The maximum absolute atomic E-state index is 14.0. The van der Waals surface area contributed by atoms with E-state index in [1.54, 1.807) is 18.2 Å². The molecule has 22 heavy (non-hydrogen) atoms. The smallest absolute Gasteiger partial charge is 0.207 e. The first kappa shape index (κ1) is 15.1. The first-order valence-corrected chi connectivity index (χ1v) is 8.46. The topological polar surface area (TPSA) is 37.4 Å². The molecule has 116 valence electrons. The first-order chi connectivity index (χ1) is 10.5. The van der Waals surface area contributed by atoms with Crippen molar-refractivity contribution in [1.29, 1.82) is 0 Å². The summed E-state index contributed by atoms with van der Waals surface area (Å²) >= 11 is 0. The van der Waals surface area contributed by atoms with E-state index < -0.39 is 27.7 Å². The van der Waals surface area contributed by atoms with Crippen LogP contribution in [0.1, 0.15) is 24.4 Å². The summed E-state index contributed by atoms with van der Waals surface area (Å²) < 4.78 is 53.7. The number of sulfonamides is 1. The average molecular weight is 323 g/mol. The summed E-state index contributed by atoms with van der Waals surface area (Å²) in [6.07, 6.45) is 1.24. The van der Waals surface area contributed by atoms with E-state index in [1.165, 1.54) is 22.5 Å². The zero-order valence-electron chi connectivity index (χ0n) is 11.7. The molecular formula is C16H15F2NO2S. The highest BCUT2D eigenvalue weighted by Gasteiger charge is 2.37. The van der Waals surface area contributed by atoms with Gasteiger partial charge < -0.3 is 0 Å². The van der Waals surface area contributed by atoms with Crippen molar-refractivity contribution in [2.75, 3.05) is 6.54 Å². The number of benzene rings is 2. The van der Waals surface area contributed by atoms with Crippen LogP contribution in [-0.2, 0) is 10.0 Å². The minimum Gasteiger partial charge on any atom is -0.207 e. The monoisotopic (exact) mass is 323 g/mol. The number of halogens is 2. The molecule has 1 unspecified atom stereocenters. The highest BCUT2D eigenvalue weighted by molar-refractivity contribution is 7.89. The summed E-state index contributed by atoms with van der Waals surface area (Å²) in [7, 11) is -3.77. The fraction of sp³-hybridized carbons (Fsp3) is 0.250. The predicted molar refractivity (Wildman–Crippen MR) is 78.7 cm³/mol. The van der Waals surface area contributed by atoms with E-state index in [0.29, 0.717) is 24.9 Å². The van der Waals surface area contributed by atoms with Gasteiger partial charge in [-0.25, -0.2) is 17.2 Å². The molecule has 0 radical (unpaired) electrons. The molecule has 1 heterocycles. The molecule has 0 aromatic heterocycles. The molecule has 1 saturated heterocycles. The van der Waals surface area contributed by atoms with E-state index in [0.717, 1.165) is 12.1 Å². The Kier molecular flexibility index (Phi) is 3.97. The molecule has 2 aromatic rings. The van der Waals surface area contributed by atoms with E-state index >= 15 is 0 Å². The average Bonchev–Trinajstić information content (AvgIpc) is 2.98. The molecule has 3 rings (SSSR count). The third-order valence-corrected chi connectivity index (χ3v) is 5.81. The van der Waals surface area contributed by atoms with Gasteiger partial charge in [0.2, 0.25) is 10.0 Å². The minimum absolute atomic E-state index is 0.0251. The van der Waals surface area contributed by atoms with Gasteiger partial charge in [-0.3, -0.25) is 0 Å². The van der Waals surface area contributed by atoms with Crippen LogP contribution in [0.25, 0.3) is 0 Å². The van der Waals surface area contributed by atoms with E-state index in [-0.39, 0.29) is 4.90 Å². The lowest BCUT2D eigenvalue weighted by Gasteiger charge is -2.24. The lowest BCUT2D eigenvalue weighted by Crippen LogP contribution is -2.31. The van der Waals surface area contributed by atoms with Crippen molar-refractivity contribution in [3.05, 3.63) is 65.7 Å². The van der Waals surface area contributed by atoms with Gasteiger partial charge in [0.05, 0.1) is 10.9 Å². The number of hydrogen-bond acceptors (Lipinski definition) is 2. The largest absolute Gasteiger partial charge is 0.243 e. The van der Waals surface area contributed by atoms with Gasteiger partial charge in [-0.15, -0.1) is 0 Å². The molecule has 1 aliphatic rings. The van der Waals surface area contributed by atoms with Crippen molar-refractivity contribution in [2.24, 2.45) is 0 Å². The van der Waals surface area contributed by atoms with Crippen LogP contribution in [0, 0.1) is 11.6 Å². The summed E-state index contributed by atoms with van der Waals surface area (Å²) in [5, 5.41) is 0. The maximum atomic E-state index is 14.0. The molecule has 3 nitrogen and oxygen atoms in total. The molecule has 0 saturated carbocycles. The van der Waals surface area contributed by atoms with Crippen LogP contribution in [0.15, 0.2) is 53.4 Å². The molecular weight excluding hydrogens is 308 g/mol. The van der Waals surface area contributed by atoms with Crippen molar-refractivity contribution < 1.29 is 17.2 Å². The zero-order chi connectivity index (χ0) is 15.7. The highest BCUT2D eigenvalue weighted by atomic mass is 32.2. The van der Waals surface area contributed by atoms with Crippen LogP contribution in [0.5, 0.6) is 0 Å². The molecule has 6 heteroatoms. The lowest BCUT2D eigenvalue weighted by molar-refractivity contribution is 0.386. The van der Waals surface area contributed by atoms with E-state index in [1.807, 2.05) is 0 Å². The Hall–Kier alpha value is -1.79. The molecule has 0 aliphatic carbocycles. The SMILES string of the molecule is O=S(=O)(c1ccc(F)cc1)N1CCCC1c1ccccc1F. The van der Waals surface area contributed by atoms with Gasteiger partial charge in [0, 0.05) is 12.1 Å². The quantitative estimate of drug-likeness (QED) is 0.867. The summed E-state index contributed by atoms with van der Waals surface area (Å²) in [6, 6.07) is 10.4. The van der Waals surface area contributed by atoms with Crippen LogP contribution in [-0.4, -0.2) is 19.3 Å². The summed E-state index contributed by atoms with van der Waals surface area (Å²) in [5.41, 5.74) is 0.380. The van der Waals surface area contributed by atoms with Crippen LogP contribution in [0.2, 0.25) is 0 Å². The van der Waals surface area contributed by atoms with Crippen molar-refractivity contribution in [3.8, 4) is 0 Å². The third kappa shape index (κ3) is 2.64. The summed E-state index contributed by atoms with van der Waals surface area (Å²) in [5.74, 6) is -0.903. The van der Waals surface area contributed by atoms with Gasteiger partial charge in [-0.1, -0.05) is 18.2 Å². The van der Waals surface area contributed by atoms with Crippen molar-refractivity contribution in [3.63, 3.8) is 0 Å². The number of nitrogens with zero attached hydrogens (tertiary/aromatic N) is 1. The molecule has 0 N–H and O–H groups in total. The molecule has 0 spiro atoms. The van der Waals surface area contributed by atoms with Crippen LogP contribution < -0.4 is 0 Å². The standard InChI is InChI=1S/C16H15F2NO2S/c17-12-7-9-13(10-8-12)22(20,21)19-11-3-6-16(19)14-4-1-2-5-15(14)18/h1-2,4-5,7-10,16H,3,6,11H2.